The van der Waals surface area contributed by atoms with Gasteiger partial charge in [0.05, 0.1) is 49.0 Å². The number of aromatic nitrogens is 4. The Kier molecular flexibility index (Phi) is 11.9. The lowest BCUT2D eigenvalue weighted by atomic mass is 9.94. The van der Waals surface area contributed by atoms with Crippen LogP contribution in [0.3, 0.4) is 0 Å². The van der Waals surface area contributed by atoms with Crippen LogP contribution >= 0.6 is 0 Å². The van der Waals surface area contributed by atoms with Crippen molar-refractivity contribution in [3.8, 4) is 33.6 Å². The first-order valence-electron chi connectivity index (χ1n) is 19.6. The molecule has 0 aliphatic carbocycles. The highest BCUT2D eigenvalue weighted by atomic mass is 16.5. The van der Waals surface area contributed by atoms with E-state index in [2.05, 4.69) is 78.6 Å². The van der Waals surface area contributed by atoms with Gasteiger partial charge < -0.3 is 30.0 Å². The number of ether oxygens (including phenoxy) is 1. The number of benzene rings is 4. The van der Waals surface area contributed by atoms with Crippen LogP contribution in [0.2, 0.25) is 0 Å². The van der Waals surface area contributed by atoms with E-state index < -0.39 is 23.9 Å². The largest absolute Gasteiger partial charge is 0.453 e. The molecule has 5 atom stereocenters. The Morgan fingerprint density at radius 1 is 0.810 bits per heavy atom. The first kappa shape index (κ1) is 40.1. The van der Waals surface area contributed by atoms with E-state index >= 15 is 0 Å². The maximum absolute atomic E-state index is 13.6. The van der Waals surface area contributed by atoms with Gasteiger partial charge in [-0.3, -0.25) is 14.6 Å². The number of carbonyl (C=O) groups excluding carboxylic acids is 2. The number of alkyl carbamates (subject to hydrolysis) is 1. The first-order chi connectivity index (χ1) is 28.0. The van der Waals surface area contributed by atoms with Crippen LogP contribution in [0, 0.1) is 0 Å². The highest BCUT2D eigenvalue weighted by Gasteiger charge is 2.46. The smallest absolute Gasteiger partial charge is 0.407 e. The third-order valence-corrected chi connectivity index (χ3v) is 11.4. The Labute approximate surface area is 339 Å². The van der Waals surface area contributed by atoms with Crippen LogP contribution in [-0.2, 0) is 9.53 Å². The van der Waals surface area contributed by atoms with Crippen molar-refractivity contribution < 1.29 is 19.4 Å². The second-order valence-corrected chi connectivity index (χ2v) is 15.3. The van der Waals surface area contributed by atoms with E-state index in [0.29, 0.717) is 11.4 Å². The number of nitrogens with zero attached hydrogens (tertiary/aromatic N) is 5. The summed E-state index contributed by atoms with van der Waals surface area (Å²) in [5.41, 5.74) is 6.50. The number of carbonyl (C=O) groups is 2. The van der Waals surface area contributed by atoms with Crippen molar-refractivity contribution in [2.75, 3.05) is 34.8 Å². The van der Waals surface area contributed by atoms with E-state index in [-0.39, 0.29) is 18.0 Å². The number of nitrogens with one attached hydrogen (secondary N) is 3. The van der Waals surface area contributed by atoms with E-state index in [4.69, 9.17) is 9.72 Å². The Morgan fingerprint density at radius 3 is 1.91 bits per heavy atom. The van der Waals surface area contributed by atoms with Crippen LogP contribution in [0.1, 0.15) is 73.6 Å². The quantitative estimate of drug-likeness (QED) is 0.0927. The van der Waals surface area contributed by atoms with Crippen molar-refractivity contribution in [2.45, 2.75) is 56.6 Å². The van der Waals surface area contributed by atoms with Crippen molar-refractivity contribution in [3.63, 3.8) is 0 Å². The minimum Gasteiger partial charge on any atom is -0.453 e. The van der Waals surface area contributed by atoms with Crippen LogP contribution in [0.4, 0.5) is 4.79 Å². The van der Waals surface area contributed by atoms with Gasteiger partial charge in [0.25, 0.3) is 0 Å². The third kappa shape index (κ3) is 8.31. The fraction of sp³-hybridized carbons (Fsp3) is 0.304. The van der Waals surface area contributed by atoms with Crippen molar-refractivity contribution in [1.29, 1.82) is 0 Å². The average Bonchev–Trinajstić information content (AvgIpc) is 4.05. The number of hydrogen-bond donors (Lipinski definition) is 4. The van der Waals surface area contributed by atoms with Crippen molar-refractivity contribution in [2.24, 2.45) is 0 Å². The van der Waals surface area contributed by atoms with E-state index in [1.165, 1.54) is 7.11 Å². The van der Waals surface area contributed by atoms with Gasteiger partial charge >= 0.3 is 6.09 Å². The molecule has 1 saturated heterocycles. The predicted octanol–water partition coefficient (Wildman–Crippen LogP) is 7.90. The number of likely N-dealkylation sites (tertiary alicyclic amines) is 1. The molecule has 12 nitrogen and oxygen atoms in total. The van der Waals surface area contributed by atoms with Gasteiger partial charge in [-0.15, -0.1) is 0 Å². The summed E-state index contributed by atoms with van der Waals surface area (Å²) in [6, 6.07) is 34.4. The molecular formula is C46H52N8O4. The molecule has 6 aromatic rings. The molecule has 4 aromatic carbocycles. The van der Waals surface area contributed by atoms with Gasteiger partial charge in [0.1, 0.15) is 23.4 Å². The summed E-state index contributed by atoms with van der Waals surface area (Å²) in [5.74, 6) is 1.18. The number of aromatic amines is 2. The molecule has 1 aliphatic heterocycles. The molecule has 300 valence electrons. The number of aliphatic hydroxyl groups is 1. The van der Waals surface area contributed by atoms with Gasteiger partial charge in [-0.1, -0.05) is 109 Å². The summed E-state index contributed by atoms with van der Waals surface area (Å²) >= 11 is 0. The van der Waals surface area contributed by atoms with Crippen molar-refractivity contribution in [1.82, 2.24) is 40.0 Å². The molecule has 0 radical (unpaired) electrons. The summed E-state index contributed by atoms with van der Waals surface area (Å²) < 4.78 is 4.79. The zero-order chi connectivity index (χ0) is 41.0. The van der Waals surface area contributed by atoms with Crippen LogP contribution in [-0.4, -0.2) is 92.3 Å². The molecule has 12 heteroatoms. The Bertz CT molecular complexity index is 2290. The van der Waals surface area contributed by atoms with Gasteiger partial charge in [-0.25, -0.2) is 14.8 Å². The maximum atomic E-state index is 13.6. The van der Waals surface area contributed by atoms with Gasteiger partial charge in [-0.05, 0) is 74.2 Å². The fourth-order valence-electron chi connectivity index (χ4n) is 8.21. The summed E-state index contributed by atoms with van der Waals surface area (Å²) in [4.78, 5) is 48.0. The average molecular weight is 781 g/mol. The molecule has 1 unspecified atom stereocenters. The molecule has 0 bridgehead atoms. The molecule has 1 fully saturated rings. The SMILES string of the molecule is COC(=O)N[C@@H](C(=O)N(C)[C@@H](C)c1ncc(-c2ccc(-c3ccc(-c4cnc([C@@H]5CCCN5C(C)(O)[C@@H](c5ccccc5)N(C)C)[nH]4)cc3)cc2)[nH]1)c1ccccc1. The van der Waals surface area contributed by atoms with E-state index in [1.807, 2.05) is 82.7 Å². The predicted molar refractivity (Wildman–Crippen MR) is 225 cm³/mol. The number of imidazole rings is 2. The molecule has 3 heterocycles. The van der Waals surface area contributed by atoms with Crippen molar-refractivity contribution >= 4 is 12.0 Å². The normalized spacial score (nSPS) is 17.0. The van der Waals surface area contributed by atoms with Gasteiger partial charge in [0, 0.05) is 13.6 Å². The lowest BCUT2D eigenvalue weighted by Gasteiger charge is -2.45. The Hall–Kier alpha value is -6.08. The fourth-order valence-corrected chi connectivity index (χ4v) is 8.21. The van der Waals surface area contributed by atoms with Gasteiger partial charge in [0.15, 0.2) is 0 Å². The number of H-pyrrole nitrogens is 2. The highest BCUT2D eigenvalue weighted by molar-refractivity contribution is 5.87. The second-order valence-electron chi connectivity index (χ2n) is 15.3. The zero-order valence-electron chi connectivity index (χ0n) is 33.9. The molecule has 0 spiro atoms. The molecule has 58 heavy (non-hydrogen) atoms. The number of methoxy groups -OCH3 is 1. The van der Waals surface area contributed by atoms with Gasteiger partial charge in [-0.2, -0.15) is 0 Å². The third-order valence-electron chi connectivity index (χ3n) is 11.4. The number of rotatable bonds is 13. The summed E-state index contributed by atoms with van der Waals surface area (Å²) in [6.45, 7) is 4.59. The lowest BCUT2D eigenvalue weighted by Crippen LogP contribution is -2.54. The van der Waals surface area contributed by atoms with Gasteiger partial charge in [0.2, 0.25) is 5.91 Å². The summed E-state index contributed by atoms with van der Waals surface area (Å²) in [7, 11) is 6.99. The van der Waals surface area contributed by atoms with E-state index in [9.17, 15) is 14.7 Å². The number of likely N-dealkylation sites (N-methyl/N-ethyl adjacent to an activating group) is 2. The minimum atomic E-state index is -1.12. The summed E-state index contributed by atoms with van der Waals surface area (Å²) in [5, 5.41) is 14.8. The van der Waals surface area contributed by atoms with E-state index in [0.717, 1.165) is 64.4 Å². The standard InChI is InChI=1S/C46H52N8O4/c1-30(53(5)44(55)40(51-45(56)58-6)35-14-9-7-10-15-35)42-47-28-37(49-42)33-23-19-31(20-24-33)32-21-25-34(26-22-32)38-29-48-43(50-38)39-18-13-27-54(39)46(2,57)41(52(3)4)36-16-11-8-12-17-36/h7-12,14-17,19-26,28-30,39-41,57H,13,18,27H2,1-6H3,(H,47,49)(H,48,50)(H,51,56)/t30-,39-,40+,41+,46?/m0/s1. The van der Waals surface area contributed by atoms with Crippen LogP contribution in [0.15, 0.2) is 122 Å². The Balaban J connectivity index is 1.01. The van der Waals surface area contributed by atoms with Crippen LogP contribution < -0.4 is 5.32 Å². The van der Waals surface area contributed by atoms with Crippen LogP contribution in [0.5, 0.6) is 0 Å². The second kappa shape index (κ2) is 17.2. The molecule has 1 aliphatic rings. The monoisotopic (exact) mass is 780 g/mol. The summed E-state index contributed by atoms with van der Waals surface area (Å²) in [6.07, 6.45) is 4.86. The molecular weight excluding hydrogens is 729 g/mol. The van der Waals surface area contributed by atoms with Crippen LogP contribution in [0.25, 0.3) is 33.6 Å². The molecule has 2 aromatic heterocycles. The molecule has 4 N–H and O–H groups in total. The molecule has 0 saturated carbocycles. The number of amides is 2. The Morgan fingerprint density at radius 2 is 1.34 bits per heavy atom. The van der Waals surface area contributed by atoms with E-state index in [1.54, 1.807) is 30.3 Å². The lowest BCUT2D eigenvalue weighted by molar-refractivity contribution is -0.150. The first-order valence-corrected chi connectivity index (χ1v) is 19.6. The zero-order valence-corrected chi connectivity index (χ0v) is 33.9. The van der Waals surface area contributed by atoms with Crippen molar-refractivity contribution in [3.05, 3.63) is 144 Å². The number of hydrogen-bond acceptors (Lipinski definition) is 8. The topological polar surface area (TPSA) is 143 Å². The maximum Gasteiger partial charge on any atom is 0.407 e. The highest BCUT2D eigenvalue weighted by Crippen LogP contribution is 2.43. The molecule has 7 rings (SSSR count). The molecule has 2 amide bonds. The minimum absolute atomic E-state index is 0.0346.